The molecule has 0 saturated heterocycles. The van der Waals surface area contributed by atoms with Gasteiger partial charge in [-0.2, -0.15) is 0 Å². The molecule has 1 aromatic rings. The van der Waals surface area contributed by atoms with E-state index in [0.29, 0.717) is 6.42 Å². The fourth-order valence-electron chi connectivity index (χ4n) is 1.14. The summed E-state index contributed by atoms with van der Waals surface area (Å²) in [5.41, 5.74) is 0. The minimum Gasteiger partial charge on any atom is -0.315 e. The summed E-state index contributed by atoms with van der Waals surface area (Å²) < 4.78 is 12.9. The Morgan fingerprint density at radius 2 is 2.40 bits per heavy atom. The molecule has 0 aliphatic heterocycles. The zero-order chi connectivity index (χ0) is 11.1. The van der Waals surface area contributed by atoms with E-state index in [1.807, 2.05) is 13.1 Å². The van der Waals surface area contributed by atoms with Gasteiger partial charge in [0.1, 0.15) is 5.82 Å². The molecule has 1 N–H and O–H groups in total. The number of halogens is 1. The molecular weight excluding hydrogens is 209 g/mol. The first-order chi connectivity index (χ1) is 7.26. The monoisotopic (exact) mass is 223 g/mol. The molecule has 0 aromatic heterocycles. The molecule has 80 valence electrons. The van der Waals surface area contributed by atoms with E-state index in [1.165, 1.54) is 12.1 Å². The van der Waals surface area contributed by atoms with Crippen molar-refractivity contribution in [2.24, 2.45) is 0 Å². The van der Waals surface area contributed by atoms with Crippen LogP contribution in [0.1, 0.15) is 6.42 Å². The Bertz CT molecular complexity index is 346. The van der Waals surface area contributed by atoms with Crippen molar-refractivity contribution in [1.29, 1.82) is 0 Å². The lowest BCUT2D eigenvalue weighted by Gasteiger charge is -2.12. The summed E-state index contributed by atoms with van der Waals surface area (Å²) in [5.74, 6) is 3.27. The standard InChI is InChI=1S/C12H14FNS/c1-3-5-11(14-2)9-15-12-7-4-6-10(13)8-12/h1,4,6-8,11,14H,5,9H2,2H3. The minimum absolute atomic E-state index is 0.196. The van der Waals surface area contributed by atoms with Crippen molar-refractivity contribution in [3.05, 3.63) is 30.1 Å². The lowest BCUT2D eigenvalue weighted by atomic mass is 10.2. The molecule has 0 saturated carbocycles. The van der Waals surface area contributed by atoms with Crippen molar-refractivity contribution in [3.63, 3.8) is 0 Å². The maximum atomic E-state index is 12.9. The molecule has 0 amide bonds. The van der Waals surface area contributed by atoms with E-state index in [2.05, 4.69) is 11.2 Å². The highest BCUT2D eigenvalue weighted by atomic mass is 32.2. The summed E-state index contributed by atoms with van der Waals surface area (Å²) >= 11 is 1.61. The number of terminal acetylenes is 1. The molecule has 0 bridgehead atoms. The van der Waals surface area contributed by atoms with Crippen LogP contribution in [0.5, 0.6) is 0 Å². The minimum atomic E-state index is -0.196. The first kappa shape index (κ1) is 12.1. The van der Waals surface area contributed by atoms with Gasteiger partial charge in [-0.15, -0.1) is 24.1 Å². The van der Waals surface area contributed by atoms with E-state index in [9.17, 15) is 4.39 Å². The van der Waals surface area contributed by atoms with Crippen LogP contribution in [0.15, 0.2) is 29.2 Å². The molecule has 3 heteroatoms. The summed E-state index contributed by atoms with van der Waals surface area (Å²) in [6, 6.07) is 6.88. The third kappa shape index (κ3) is 4.37. The molecule has 1 unspecified atom stereocenters. The Balaban J connectivity index is 2.46. The fraction of sp³-hybridized carbons (Fsp3) is 0.333. The van der Waals surface area contributed by atoms with E-state index >= 15 is 0 Å². The Labute approximate surface area is 94.5 Å². The highest BCUT2D eigenvalue weighted by Crippen LogP contribution is 2.19. The molecule has 0 spiro atoms. The summed E-state index contributed by atoms with van der Waals surface area (Å²) in [6.07, 6.45) is 5.93. The van der Waals surface area contributed by atoms with Gasteiger partial charge in [0.05, 0.1) is 0 Å². The van der Waals surface area contributed by atoms with Gasteiger partial charge in [0.2, 0.25) is 0 Å². The van der Waals surface area contributed by atoms with Gasteiger partial charge in [-0.1, -0.05) is 6.07 Å². The summed E-state index contributed by atoms with van der Waals surface area (Å²) in [4.78, 5) is 0.937. The second kappa shape index (κ2) is 6.49. The van der Waals surface area contributed by atoms with Gasteiger partial charge in [-0.25, -0.2) is 4.39 Å². The quantitative estimate of drug-likeness (QED) is 0.608. The van der Waals surface area contributed by atoms with Gasteiger partial charge in [0.15, 0.2) is 0 Å². The van der Waals surface area contributed by atoms with Gasteiger partial charge in [-0.3, -0.25) is 0 Å². The number of hydrogen-bond acceptors (Lipinski definition) is 2. The number of benzene rings is 1. The van der Waals surface area contributed by atoms with Crippen LogP contribution in [0, 0.1) is 18.2 Å². The maximum Gasteiger partial charge on any atom is 0.124 e. The van der Waals surface area contributed by atoms with E-state index < -0.39 is 0 Å². The molecule has 0 aliphatic rings. The van der Waals surface area contributed by atoms with Gasteiger partial charge < -0.3 is 5.32 Å². The van der Waals surface area contributed by atoms with Crippen molar-refractivity contribution in [2.75, 3.05) is 12.8 Å². The van der Waals surface area contributed by atoms with Crippen molar-refractivity contribution in [2.45, 2.75) is 17.4 Å². The summed E-state index contributed by atoms with van der Waals surface area (Å²) in [6.45, 7) is 0. The average molecular weight is 223 g/mol. The van der Waals surface area contributed by atoms with Crippen LogP contribution in [0.2, 0.25) is 0 Å². The van der Waals surface area contributed by atoms with Crippen molar-refractivity contribution in [1.82, 2.24) is 5.32 Å². The Kier molecular flexibility index (Phi) is 5.23. The van der Waals surface area contributed by atoms with Gasteiger partial charge in [0.25, 0.3) is 0 Å². The van der Waals surface area contributed by atoms with Gasteiger partial charge in [0, 0.05) is 23.1 Å². The number of thioether (sulfide) groups is 1. The Morgan fingerprint density at radius 3 is 3.00 bits per heavy atom. The molecule has 1 atom stereocenters. The maximum absolute atomic E-state index is 12.9. The van der Waals surface area contributed by atoms with Crippen LogP contribution in [0.3, 0.4) is 0 Å². The van der Waals surface area contributed by atoms with E-state index in [0.717, 1.165) is 10.6 Å². The molecular formula is C12H14FNS. The zero-order valence-electron chi connectivity index (χ0n) is 8.66. The largest absolute Gasteiger partial charge is 0.315 e. The third-order valence-corrected chi connectivity index (χ3v) is 3.18. The predicted octanol–water partition coefficient (Wildman–Crippen LogP) is 2.53. The van der Waals surface area contributed by atoms with Crippen LogP contribution in [-0.2, 0) is 0 Å². The van der Waals surface area contributed by atoms with E-state index in [1.54, 1.807) is 17.8 Å². The Hall–Kier alpha value is -0.980. The normalized spacial score (nSPS) is 12.1. The van der Waals surface area contributed by atoms with Crippen molar-refractivity contribution < 1.29 is 4.39 Å². The smallest absolute Gasteiger partial charge is 0.124 e. The third-order valence-electron chi connectivity index (χ3n) is 2.02. The van der Waals surface area contributed by atoms with Gasteiger partial charge in [-0.05, 0) is 25.2 Å². The first-order valence-corrected chi connectivity index (χ1v) is 5.74. The molecule has 0 heterocycles. The molecule has 1 rings (SSSR count). The Morgan fingerprint density at radius 1 is 1.60 bits per heavy atom. The zero-order valence-corrected chi connectivity index (χ0v) is 9.48. The number of nitrogens with one attached hydrogen (secondary N) is 1. The van der Waals surface area contributed by atoms with E-state index in [4.69, 9.17) is 6.42 Å². The number of hydrogen-bond donors (Lipinski definition) is 1. The summed E-state index contributed by atoms with van der Waals surface area (Å²) in [5, 5.41) is 3.13. The SMILES string of the molecule is C#CCC(CSc1cccc(F)c1)NC. The second-order valence-corrected chi connectivity index (χ2v) is 4.26. The van der Waals surface area contributed by atoms with E-state index in [-0.39, 0.29) is 11.9 Å². The first-order valence-electron chi connectivity index (χ1n) is 4.75. The average Bonchev–Trinajstić information content (AvgIpc) is 2.24. The molecule has 1 nitrogen and oxygen atoms in total. The molecule has 15 heavy (non-hydrogen) atoms. The van der Waals surface area contributed by atoms with Crippen LogP contribution in [-0.4, -0.2) is 18.8 Å². The van der Waals surface area contributed by atoms with Crippen LogP contribution < -0.4 is 5.32 Å². The molecule has 0 radical (unpaired) electrons. The highest BCUT2D eigenvalue weighted by molar-refractivity contribution is 7.99. The molecule has 0 fully saturated rings. The van der Waals surface area contributed by atoms with Gasteiger partial charge >= 0.3 is 0 Å². The van der Waals surface area contributed by atoms with Crippen molar-refractivity contribution in [3.8, 4) is 12.3 Å². The van der Waals surface area contributed by atoms with Crippen LogP contribution in [0.25, 0.3) is 0 Å². The van der Waals surface area contributed by atoms with Crippen molar-refractivity contribution >= 4 is 11.8 Å². The lowest BCUT2D eigenvalue weighted by molar-refractivity contribution is 0.623. The highest BCUT2D eigenvalue weighted by Gasteiger charge is 2.05. The summed E-state index contributed by atoms with van der Waals surface area (Å²) in [7, 11) is 1.88. The number of rotatable bonds is 5. The van der Waals surface area contributed by atoms with Crippen LogP contribution >= 0.6 is 11.8 Å². The predicted molar refractivity (Wildman–Crippen MR) is 63.4 cm³/mol. The molecule has 1 aromatic carbocycles. The topological polar surface area (TPSA) is 12.0 Å². The van der Waals surface area contributed by atoms with Crippen LogP contribution in [0.4, 0.5) is 4.39 Å². The second-order valence-electron chi connectivity index (χ2n) is 3.16. The fourth-order valence-corrected chi connectivity index (χ4v) is 2.19. The lowest BCUT2D eigenvalue weighted by Crippen LogP contribution is -2.26. The molecule has 0 aliphatic carbocycles.